The van der Waals surface area contributed by atoms with Gasteiger partial charge in [0.25, 0.3) is 0 Å². The minimum absolute atomic E-state index is 0.00646. The van der Waals surface area contributed by atoms with Crippen molar-refractivity contribution in [1.29, 1.82) is 0 Å². The molecular weight excluding hydrogens is 168 g/mol. The van der Waals surface area contributed by atoms with Gasteiger partial charge < -0.3 is 16.2 Å². The molecule has 0 atom stereocenters. The maximum Gasteiger partial charge on any atom is 0.220 e. The Balaban J connectivity index is 3.41. The van der Waals surface area contributed by atoms with E-state index >= 15 is 0 Å². The van der Waals surface area contributed by atoms with Crippen LogP contribution in [0.2, 0.25) is 0 Å². The van der Waals surface area contributed by atoms with Crippen LogP contribution in [0.3, 0.4) is 0 Å². The summed E-state index contributed by atoms with van der Waals surface area (Å²) in [6, 6.07) is 0. The Morgan fingerprint density at radius 1 is 1.54 bits per heavy atom. The number of aliphatic hydroxyl groups excluding tert-OH is 1. The highest BCUT2D eigenvalue weighted by molar-refractivity contribution is 5.75. The molecule has 13 heavy (non-hydrogen) atoms. The van der Waals surface area contributed by atoms with E-state index in [1.165, 1.54) is 0 Å². The van der Waals surface area contributed by atoms with Crippen molar-refractivity contribution in [2.75, 3.05) is 13.2 Å². The molecule has 0 radical (unpaired) electrons. The maximum atomic E-state index is 11.1. The van der Waals surface area contributed by atoms with Crippen LogP contribution in [0.15, 0.2) is 0 Å². The molecule has 1 amide bonds. The Morgan fingerprint density at radius 2 is 2.15 bits per heavy atom. The van der Waals surface area contributed by atoms with Gasteiger partial charge in [-0.15, -0.1) is 0 Å². The lowest BCUT2D eigenvalue weighted by atomic mass is 10.00. The van der Waals surface area contributed by atoms with Gasteiger partial charge in [0.05, 0.1) is 0 Å². The average Bonchev–Trinajstić information content (AvgIpc) is 2.00. The number of hydrogen-bond acceptors (Lipinski definition) is 3. The first-order valence-corrected chi connectivity index (χ1v) is 4.62. The van der Waals surface area contributed by atoms with Crippen LogP contribution in [0.25, 0.3) is 0 Å². The molecule has 4 nitrogen and oxygen atoms in total. The van der Waals surface area contributed by atoms with E-state index in [0.29, 0.717) is 25.8 Å². The van der Waals surface area contributed by atoms with E-state index in [0.717, 1.165) is 0 Å². The molecule has 0 aliphatic carbocycles. The zero-order valence-electron chi connectivity index (χ0n) is 8.47. The molecule has 0 fully saturated rings. The molecule has 0 aromatic rings. The second kappa shape index (κ2) is 5.94. The summed E-state index contributed by atoms with van der Waals surface area (Å²) in [4.78, 5) is 11.1. The third-order valence-corrected chi connectivity index (χ3v) is 1.65. The van der Waals surface area contributed by atoms with Crippen LogP contribution < -0.4 is 11.1 Å². The summed E-state index contributed by atoms with van der Waals surface area (Å²) < 4.78 is 0. The molecular formula is C9H20N2O2. The molecule has 78 valence electrons. The van der Waals surface area contributed by atoms with Gasteiger partial charge in [0.15, 0.2) is 0 Å². The lowest BCUT2D eigenvalue weighted by Crippen LogP contribution is -2.34. The highest BCUT2D eigenvalue weighted by atomic mass is 16.3. The summed E-state index contributed by atoms with van der Waals surface area (Å²) in [6.07, 6.45) is 1.74. The van der Waals surface area contributed by atoms with Crippen LogP contribution in [0.1, 0.15) is 33.1 Å². The minimum atomic E-state index is -0.283. The van der Waals surface area contributed by atoms with Gasteiger partial charge in [-0.3, -0.25) is 4.79 Å². The van der Waals surface area contributed by atoms with E-state index in [4.69, 9.17) is 10.8 Å². The van der Waals surface area contributed by atoms with Gasteiger partial charge in [-0.2, -0.15) is 0 Å². The van der Waals surface area contributed by atoms with Crippen molar-refractivity contribution in [3.8, 4) is 0 Å². The number of rotatable bonds is 6. The van der Waals surface area contributed by atoms with E-state index in [1.807, 2.05) is 13.8 Å². The normalized spacial score (nSPS) is 11.4. The Kier molecular flexibility index (Phi) is 5.66. The van der Waals surface area contributed by atoms with Crippen molar-refractivity contribution in [3.63, 3.8) is 0 Å². The molecule has 4 N–H and O–H groups in total. The Labute approximate surface area is 79.5 Å². The van der Waals surface area contributed by atoms with Crippen LogP contribution >= 0.6 is 0 Å². The largest absolute Gasteiger partial charge is 0.396 e. The second-order valence-corrected chi connectivity index (χ2v) is 3.92. The Bertz CT molecular complexity index is 152. The first-order chi connectivity index (χ1) is 5.95. The quantitative estimate of drug-likeness (QED) is 0.514. The van der Waals surface area contributed by atoms with Crippen molar-refractivity contribution in [3.05, 3.63) is 0 Å². The molecule has 0 heterocycles. The van der Waals surface area contributed by atoms with Crippen molar-refractivity contribution in [1.82, 2.24) is 5.32 Å². The molecule has 0 aliphatic heterocycles. The van der Waals surface area contributed by atoms with Crippen molar-refractivity contribution >= 4 is 5.91 Å². The number of carbonyl (C=O) groups is 1. The Hall–Kier alpha value is -0.610. The van der Waals surface area contributed by atoms with Gasteiger partial charge in [-0.05, 0) is 26.7 Å². The lowest BCUT2D eigenvalue weighted by molar-refractivity contribution is -0.121. The topological polar surface area (TPSA) is 75.4 Å². The smallest absolute Gasteiger partial charge is 0.220 e. The molecule has 0 unspecified atom stereocenters. The zero-order chi connectivity index (χ0) is 10.3. The predicted molar refractivity (Wildman–Crippen MR) is 52.2 cm³/mol. The number of amides is 1. The highest BCUT2D eigenvalue weighted by Crippen LogP contribution is 2.06. The van der Waals surface area contributed by atoms with Crippen LogP contribution in [-0.4, -0.2) is 29.7 Å². The van der Waals surface area contributed by atoms with Gasteiger partial charge in [-0.25, -0.2) is 0 Å². The first kappa shape index (κ1) is 12.4. The van der Waals surface area contributed by atoms with E-state index in [1.54, 1.807) is 0 Å². The van der Waals surface area contributed by atoms with Gasteiger partial charge in [0, 0.05) is 25.1 Å². The third-order valence-electron chi connectivity index (χ3n) is 1.65. The third kappa shape index (κ3) is 9.30. The van der Waals surface area contributed by atoms with Crippen LogP contribution in [0.4, 0.5) is 0 Å². The van der Waals surface area contributed by atoms with Gasteiger partial charge in [-0.1, -0.05) is 0 Å². The lowest BCUT2D eigenvalue weighted by Gasteiger charge is -2.17. The number of carbonyl (C=O) groups excluding carboxylic acids is 1. The monoisotopic (exact) mass is 188 g/mol. The summed E-state index contributed by atoms with van der Waals surface area (Å²) in [5, 5.41) is 11.2. The fraction of sp³-hybridized carbons (Fsp3) is 0.889. The minimum Gasteiger partial charge on any atom is -0.396 e. The number of nitrogens with one attached hydrogen (secondary N) is 1. The van der Waals surface area contributed by atoms with Crippen LogP contribution in [0, 0.1) is 0 Å². The second-order valence-electron chi connectivity index (χ2n) is 3.92. The zero-order valence-corrected chi connectivity index (χ0v) is 8.47. The molecule has 0 aromatic carbocycles. The van der Waals surface area contributed by atoms with E-state index in [2.05, 4.69) is 5.32 Å². The fourth-order valence-electron chi connectivity index (χ4n) is 0.831. The Morgan fingerprint density at radius 3 is 2.62 bits per heavy atom. The van der Waals surface area contributed by atoms with E-state index in [9.17, 15) is 4.79 Å². The van der Waals surface area contributed by atoms with E-state index < -0.39 is 0 Å². The summed E-state index contributed by atoms with van der Waals surface area (Å²) in [5.74, 6) is 0.00646. The maximum absolute atomic E-state index is 11.1. The molecule has 0 spiro atoms. The molecule has 0 saturated carbocycles. The molecule has 0 aromatic heterocycles. The summed E-state index contributed by atoms with van der Waals surface area (Å²) >= 11 is 0. The number of nitrogens with two attached hydrogens (primary N) is 1. The molecule has 0 aliphatic rings. The summed E-state index contributed by atoms with van der Waals surface area (Å²) in [7, 11) is 0. The van der Waals surface area contributed by atoms with Crippen molar-refractivity contribution < 1.29 is 9.90 Å². The van der Waals surface area contributed by atoms with Gasteiger partial charge in [0.1, 0.15) is 0 Å². The number of aliphatic hydroxyl groups is 1. The fourth-order valence-corrected chi connectivity index (χ4v) is 0.831. The van der Waals surface area contributed by atoms with E-state index in [-0.39, 0.29) is 18.1 Å². The number of hydrogen-bond donors (Lipinski definition) is 3. The molecule has 0 saturated heterocycles. The SMILES string of the molecule is CC(C)(N)CCC(=O)NCCCO. The highest BCUT2D eigenvalue weighted by Gasteiger charge is 2.12. The van der Waals surface area contributed by atoms with Crippen LogP contribution in [0.5, 0.6) is 0 Å². The van der Waals surface area contributed by atoms with Gasteiger partial charge >= 0.3 is 0 Å². The first-order valence-electron chi connectivity index (χ1n) is 4.62. The average molecular weight is 188 g/mol. The molecule has 0 bridgehead atoms. The summed E-state index contributed by atoms with van der Waals surface area (Å²) in [5.41, 5.74) is 5.44. The van der Waals surface area contributed by atoms with Crippen molar-refractivity contribution in [2.45, 2.75) is 38.6 Å². The standard InChI is InChI=1S/C9H20N2O2/c1-9(2,10)5-4-8(13)11-6-3-7-12/h12H,3-7,10H2,1-2H3,(H,11,13). The van der Waals surface area contributed by atoms with Crippen LogP contribution in [-0.2, 0) is 4.79 Å². The van der Waals surface area contributed by atoms with Gasteiger partial charge in [0.2, 0.25) is 5.91 Å². The summed E-state index contributed by atoms with van der Waals surface area (Å²) in [6.45, 7) is 4.45. The van der Waals surface area contributed by atoms with Crippen molar-refractivity contribution in [2.24, 2.45) is 5.73 Å². The molecule has 4 heteroatoms. The molecule has 0 rings (SSSR count). The predicted octanol–water partition coefficient (Wildman–Crippen LogP) is 0.00250.